The fourth-order valence-electron chi connectivity index (χ4n) is 3.91. The van der Waals surface area contributed by atoms with E-state index in [1.54, 1.807) is 0 Å². The molecule has 0 amide bonds. The second-order valence-corrected chi connectivity index (χ2v) is 8.95. The summed E-state index contributed by atoms with van der Waals surface area (Å²) in [5, 5.41) is 3.64. The molecule has 30 heavy (non-hydrogen) atoms. The van der Waals surface area contributed by atoms with Crippen LogP contribution < -0.4 is 5.32 Å². The lowest BCUT2D eigenvalue weighted by Gasteiger charge is -2.44. The van der Waals surface area contributed by atoms with Crippen molar-refractivity contribution in [2.75, 3.05) is 18.5 Å². The molecule has 0 fully saturated rings. The Morgan fingerprint density at radius 1 is 0.967 bits per heavy atom. The van der Waals surface area contributed by atoms with Crippen LogP contribution in [0.15, 0.2) is 81.7 Å². The fraction of sp³-hybridized carbons (Fsp3) is 0.208. The second kappa shape index (κ2) is 9.33. The van der Waals surface area contributed by atoms with E-state index in [1.165, 1.54) is 0 Å². The lowest BCUT2D eigenvalue weighted by molar-refractivity contribution is -0.145. The predicted molar refractivity (Wildman–Crippen MR) is 126 cm³/mol. The number of nitrogens with one attached hydrogen (secondary N) is 1. The Hall–Kier alpha value is -2.15. The standard InChI is InChI=1S/C24H22Br2N2O2/c1-2-30-22(29)15-28-23(16-6-4-3-5-7-16)20-14-19(26)12-13-21(20)27-24(28)17-8-10-18(25)11-9-17/h3-14,23-24,27H,2,15H2,1H3. The Morgan fingerprint density at radius 2 is 1.67 bits per heavy atom. The smallest absolute Gasteiger partial charge is 0.320 e. The maximum Gasteiger partial charge on any atom is 0.320 e. The highest BCUT2D eigenvalue weighted by Crippen LogP contribution is 2.44. The van der Waals surface area contributed by atoms with Crippen molar-refractivity contribution in [2.24, 2.45) is 0 Å². The summed E-state index contributed by atoms with van der Waals surface area (Å²) < 4.78 is 7.34. The maximum atomic E-state index is 12.6. The number of carbonyl (C=O) groups excluding carboxylic acids is 1. The van der Waals surface area contributed by atoms with Crippen LogP contribution in [-0.2, 0) is 9.53 Å². The molecule has 2 unspecified atom stereocenters. The van der Waals surface area contributed by atoms with Gasteiger partial charge >= 0.3 is 5.97 Å². The summed E-state index contributed by atoms with van der Waals surface area (Å²) in [5.74, 6) is -0.235. The molecule has 1 heterocycles. The fourth-order valence-corrected chi connectivity index (χ4v) is 4.56. The zero-order chi connectivity index (χ0) is 21.1. The van der Waals surface area contributed by atoms with Gasteiger partial charge in [0, 0.05) is 14.6 Å². The van der Waals surface area contributed by atoms with Gasteiger partial charge in [-0.1, -0.05) is 74.3 Å². The molecule has 0 aliphatic carbocycles. The van der Waals surface area contributed by atoms with Crippen LogP contribution in [-0.4, -0.2) is 24.0 Å². The van der Waals surface area contributed by atoms with Crippen LogP contribution in [0.1, 0.15) is 35.8 Å². The molecule has 0 aromatic heterocycles. The normalized spacial score (nSPS) is 18.4. The van der Waals surface area contributed by atoms with E-state index >= 15 is 0 Å². The van der Waals surface area contributed by atoms with E-state index in [0.717, 1.165) is 31.3 Å². The first-order valence-electron chi connectivity index (χ1n) is 9.84. The molecule has 0 spiro atoms. The molecule has 0 radical (unpaired) electrons. The van der Waals surface area contributed by atoms with Gasteiger partial charge in [0.25, 0.3) is 0 Å². The highest BCUT2D eigenvalue weighted by atomic mass is 79.9. The number of hydrogen-bond acceptors (Lipinski definition) is 4. The molecule has 0 saturated heterocycles. The molecule has 1 aliphatic heterocycles. The van der Waals surface area contributed by atoms with Crippen LogP contribution in [0.2, 0.25) is 0 Å². The van der Waals surface area contributed by atoms with Crippen molar-refractivity contribution in [1.29, 1.82) is 0 Å². The number of esters is 1. The lowest BCUT2D eigenvalue weighted by atomic mass is 9.91. The molecule has 154 valence electrons. The Bertz CT molecular complexity index is 1030. The number of halogens is 2. The lowest BCUT2D eigenvalue weighted by Crippen LogP contribution is -2.44. The van der Waals surface area contributed by atoms with E-state index in [2.05, 4.69) is 78.5 Å². The molecule has 0 saturated carbocycles. The number of fused-ring (bicyclic) bond motifs is 1. The van der Waals surface area contributed by atoms with Crippen LogP contribution in [0, 0.1) is 0 Å². The van der Waals surface area contributed by atoms with Gasteiger partial charge in [-0.25, -0.2) is 0 Å². The van der Waals surface area contributed by atoms with Gasteiger partial charge in [-0.05, 0) is 53.9 Å². The van der Waals surface area contributed by atoms with Gasteiger partial charge in [0.2, 0.25) is 0 Å². The summed E-state index contributed by atoms with van der Waals surface area (Å²) in [4.78, 5) is 14.8. The molecule has 6 heteroatoms. The summed E-state index contributed by atoms with van der Waals surface area (Å²) in [7, 11) is 0. The minimum Gasteiger partial charge on any atom is -0.465 e. The van der Waals surface area contributed by atoms with Gasteiger partial charge in [0.05, 0.1) is 19.2 Å². The Balaban J connectivity index is 1.86. The summed E-state index contributed by atoms with van der Waals surface area (Å²) in [6.07, 6.45) is -0.179. The minimum atomic E-state index is -0.235. The topological polar surface area (TPSA) is 41.6 Å². The van der Waals surface area contributed by atoms with E-state index in [9.17, 15) is 4.79 Å². The van der Waals surface area contributed by atoms with E-state index in [4.69, 9.17) is 4.74 Å². The van der Waals surface area contributed by atoms with Crippen LogP contribution >= 0.6 is 31.9 Å². The van der Waals surface area contributed by atoms with Crippen molar-refractivity contribution in [3.8, 4) is 0 Å². The molecular formula is C24H22Br2N2O2. The maximum absolute atomic E-state index is 12.6. The molecule has 0 bridgehead atoms. The van der Waals surface area contributed by atoms with Crippen molar-refractivity contribution in [2.45, 2.75) is 19.1 Å². The van der Waals surface area contributed by atoms with Gasteiger partial charge in [-0.3, -0.25) is 9.69 Å². The summed E-state index contributed by atoms with van der Waals surface area (Å²) in [6.45, 7) is 2.37. The highest BCUT2D eigenvalue weighted by molar-refractivity contribution is 9.10. The Labute approximate surface area is 193 Å². The van der Waals surface area contributed by atoms with E-state index in [-0.39, 0.29) is 24.7 Å². The average molecular weight is 530 g/mol. The van der Waals surface area contributed by atoms with Gasteiger partial charge in [0.15, 0.2) is 0 Å². The predicted octanol–water partition coefficient (Wildman–Crippen LogP) is 6.29. The third kappa shape index (κ3) is 4.46. The van der Waals surface area contributed by atoms with Gasteiger partial charge in [-0.2, -0.15) is 0 Å². The molecule has 3 aromatic carbocycles. The third-order valence-corrected chi connectivity index (χ3v) is 6.20. The van der Waals surface area contributed by atoms with Crippen LogP contribution in [0.25, 0.3) is 0 Å². The summed E-state index contributed by atoms with van der Waals surface area (Å²) >= 11 is 7.13. The van der Waals surface area contributed by atoms with Crippen LogP contribution in [0.5, 0.6) is 0 Å². The minimum absolute atomic E-state index is 0.0991. The zero-order valence-corrected chi connectivity index (χ0v) is 19.7. The summed E-state index contributed by atoms with van der Waals surface area (Å²) in [6, 6.07) is 24.6. The first-order chi connectivity index (χ1) is 14.6. The number of anilines is 1. The van der Waals surface area contributed by atoms with Crippen LogP contribution in [0.4, 0.5) is 5.69 Å². The van der Waals surface area contributed by atoms with E-state index in [0.29, 0.717) is 6.61 Å². The van der Waals surface area contributed by atoms with Crippen molar-refractivity contribution in [3.63, 3.8) is 0 Å². The number of carbonyl (C=O) groups is 1. The molecule has 2 atom stereocenters. The van der Waals surface area contributed by atoms with Crippen molar-refractivity contribution >= 4 is 43.5 Å². The third-order valence-electron chi connectivity index (χ3n) is 5.18. The molecule has 1 N–H and O–H groups in total. The zero-order valence-electron chi connectivity index (χ0n) is 16.5. The first-order valence-corrected chi connectivity index (χ1v) is 11.4. The second-order valence-electron chi connectivity index (χ2n) is 7.12. The van der Waals surface area contributed by atoms with Crippen molar-refractivity contribution in [3.05, 3.63) is 98.4 Å². The van der Waals surface area contributed by atoms with Crippen LogP contribution in [0.3, 0.4) is 0 Å². The van der Waals surface area contributed by atoms with Crippen molar-refractivity contribution in [1.82, 2.24) is 4.90 Å². The first kappa shape index (κ1) is 21.1. The van der Waals surface area contributed by atoms with E-state index < -0.39 is 0 Å². The molecule has 1 aliphatic rings. The summed E-state index contributed by atoms with van der Waals surface area (Å²) in [5.41, 5.74) is 4.38. The number of rotatable bonds is 5. The van der Waals surface area contributed by atoms with Gasteiger partial charge < -0.3 is 10.1 Å². The molecule has 4 rings (SSSR count). The SMILES string of the molecule is CCOC(=O)CN1C(c2ccc(Br)cc2)Nc2ccc(Br)cc2C1c1ccccc1. The number of benzene rings is 3. The highest BCUT2D eigenvalue weighted by Gasteiger charge is 2.37. The van der Waals surface area contributed by atoms with Gasteiger partial charge in [-0.15, -0.1) is 0 Å². The number of hydrogen-bond donors (Lipinski definition) is 1. The monoisotopic (exact) mass is 528 g/mol. The number of nitrogens with zero attached hydrogens (tertiary/aromatic N) is 1. The van der Waals surface area contributed by atoms with E-state index in [1.807, 2.05) is 43.3 Å². The largest absolute Gasteiger partial charge is 0.465 e. The molecule has 4 nitrogen and oxygen atoms in total. The quantitative estimate of drug-likeness (QED) is 0.394. The Morgan fingerprint density at radius 3 is 2.37 bits per heavy atom. The molecular weight excluding hydrogens is 508 g/mol. The van der Waals surface area contributed by atoms with Gasteiger partial charge in [0.1, 0.15) is 6.17 Å². The Kier molecular flexibility index (Phi) is 6.56. The molecule has 3 aromatic rings. The average Bonchev–Trinajstić information content (AvgIpc) is 2.75. The van der Waals surface area contributed by atoms with Crippen molar-refractivity contribution < 1.29 is 9.53 Å². The number of ether oxygens (including phenoxy) is 1.